The van der Waals surface area contributed by atoms with Crippen LogP contribution in [0.15, 0.2) is 66.0 Å². The monoisotopic (exact) mass is 493 g/mol. The molecule has 2 amide bonds. The number of hydrogen-bond donors (Lipinski definition) is 1. The fourth-order valence-corrected chi connectivity index (χ4v) is 4.74. The van der Waals surface area contributed by atoms with E-state index in [9.17, 15) is 18.4 Å². The number of aromatic nitrogens is 3. The fraction of sp³-hybridized carbons (Fsp3) is 0.200. The largest absolute Gasteiger partial charge is 0.346 e. The number of hydrogen-bond acceptors (Lipinski definition) is 5. The molecule has 1 aliphatic heterocycles. The zero-order chi connectivity index (χ0) is 24.4. The zero-order valence-corrected chi connectivity index (χ0v) is 19.3. The lowest BCUT2D eigenvalue weighted by molar-refractivity contribution is 0.0693. The summed E-state index contributed by atoms with van der Waals surface area (Å²) in [4.78, 5) is 32.4. The van der Waals surface area contributed by atoms with Gasteiger partial charge >= 0.3 is 0 Å². The van der Waals surface area contributed by atoms with Crippen LogP contribution < -0.4 is 5.32 Å². The van der Waals surface area contributed by atoms with Crippen molar-refractivity contribution in [2.75, 3.05) is 13.1 Å². The molecule has 1 aliphatic rings. The molecule has 3 heterocycles. The third-order valence-electron chi connectivity index (χ3n) is 5.83. The van der Waals surface area contributed by atoms with Gasteiger partial charge in [-0.05, 0) is 54.6 Å². The number of thiophene rings is 1. The Kier molecular flexibility index (Phi) is 6.37. The van der Waals surface area contributed by atoms with Crippen molar-refractivity contribution in [2.24, 2.45) is 0 Å². The number of amides is 2. The lowest BCUT2D eigenvalue weighted by Gasteiger charge is -2.32. The van der Waals surface area contributed by atoms with Gasteiger partial charge in [-0.25, -0.2) is 18.4 Å². The fourth-order valence-electron chi connectivity index (χ4n) is 4.04. The summed E-state index contributed by atoms with van der Waals surface area (Å²) in [6, 6.07) is 15.4. The quantitative estimate of drug-likeness (QED) is 0.449. The molecule has 35 heavy (non-hydrogen) atoms. The number of nitrogens with zero attached hydrogens (tertiary/aromatic N) is 4. The van der Waals surface area contributed by atoms with Gasteiger partial charge in [0.1, 0.15) is 11.6 Å². The van der Waals surface area contributed by atoms with Gasteiger partial charge in [-0.15, -0.1) is 16.4 Å². The van der Waals surface area contributed by atoms with E-state index in [-0.39, 0.29) is 23.3 Å². The van der Waals surface area contributed by atoms with Crippen molar-refractivity contribution in [1.82, 2.24) is 25.0 Å². The van der Waals surface area contributed by atoms with Gasteiger partial charge in [0.05, 0.1) is 16.1 Å². The van der Waals surface area contributed by atoms with Crippen molar-refractivity contribution >= 4 is 23.2 Å². The second-order valence-electron chi connectivity index (χ2n) is 8.15. The molecule has 0 saturated carbocycles. The molecule has 5 rings (SSSR count). The molecule has 0 bridgehead atoms. The van der Waals surface area contributed by atoms with Crippen LogP contribution in [0.4, 0.5) is 8.78 Å². The number of halogens is 2. The second-order valence-corrected chi connectivity index (χ2v) is 9.10. The molecule has 7 nitrogen and oxygen atoms in total. The summed E-state index contributed by atoms with van der Waals surface area (Å²) < 4.78 is 29.3. The Hall–Kier alpha value is -3.92. The number of likely N-dealkylation sites (tertiary alicyclic amines) is 1. The van der Waals surface area contributed by atoms with Gasteiger partial charge in [0, 0.05) is 19.1 Å². The van der Waals surface area contributed by atoms with Crippen LogP contribution in [-0.2, 0) is 0 Å². The standard InChI is InChI=1S/C25H21F2N5O2S/c26-16-5-3-6-18(15-16)32-23(21-9-4-14-35-21)29-22(30-32)24(33)28-17-10-12-31(13-11-17)25(34)19-7-1-2-8-20(19)27/h1-9,14-15,17H,10-13H2,(H,28,33). The topological polar surface area (TPSA) is 80.1 Å². The van der Waals surface area contributed by atoms with E-state index in [0.717, 1.165) is 4.88 Å². The predicted molar refractivity (Wildman–Crippen MR) is 127 cm³/mol. The average molecular weight is 494 g/mol. The maximum Gasteiger partial charge on any atom is 0.291 e. The first-order valence-corrected chi connectivity index (χ1v) is 12.0. The van der Waals surface area contributed by atoms with E-state index in [4.69, 9.17) is 0 Å². The Morgan fingerprint density at radius 2 is 1.80 bits per heavy atom. The van der Waals surface area contributed by atoms with Crippen molar-refractivity contribution in [2.45, 2.75) is 18.9 Å². The Morgan fingerprint density at radius 1 is 1.00 bits per heavy atom. The lowest BCUT2D eigenvalue weighted by Crippen LogP contribution is -2.46. The molecular weight excluding hydrogens is 472 g/mol. The molecule has 1 fully saturated rings. The number of carbonyl (C=O) groups excluding carboxylic acids is 2. The van der Waals surface area contributed by atoms with Crippen LogP contribution in [0.5, 0.6) is 0 Å². The molecule has 1 saturated heterocycles. The minimum Gasteiger partial charge on any atom is -0.346 e. The molecule has 0 aliphatic carbocycles. The molecule has 4 aromatic rings. The number of carbonyl (C=O) groups is 2. The summed E-state index contributed by atoms with van der Waals surface area (Å²) in [6.45, 7) is 0.785. The van der Waals surface area contributed by atoms with Gasteiger partial charge < -0.3 is 10.2 Å². The molecule has 0 spiro atoms. The zero-order valence-electron chi connectivity index (χ0n) is 18.5. The highest BCUT2D eigenvalue weighted by Crippen LogP contribution is 2.26. The smallest absolute Gasteiger partial charge is 0.291 e. The first-order chi connectivity index (χ1) is 17.0. The summed E-state index contributed by atoms with van der Waals surface area (Å²) in [6.07, 6.45) is 1.04. The van der Waals surface area contributed by atoms with E-state index in [1.807, 2.05) is 17.5 Å². The average Bonchev–Trinajstić information content (AvgIpc) is 3.55. The van der Waals surface area contributed by atoms with E-state index >= 15 is 0 Å². The minimum absolute atomic E-state index is 0.0254. The molecule has 0 unspecified atom stereocenters. The molecule has 2 aromatic heterocycles. The van der Waals surface area contributed by atoms with Crippen LogP contribution in [-0.4, -0.2) is 50.6 Å². The normalized spacial score (nSPS) is 14.2. The Labute approximate surface area is 204 Å². The lowest BCUT2D eigenvalue weighted by atomic mass is 10.0. The first kappa shape index (κ1) is 22.9. The van der Waals surface area contributed by atoms with Gasteiger partial charge in [0.2, 0.25) is 5.82 Å². The van der Waals surface area contributed by atoms with Crippen LogP contribution in [0, 0.1) is 11.6 Å². The molecule has 10 heteroatoms. The molecule has 0 atom stereocenters. The van der Waals surface area contributed by atoms with E-state index in [1.54, 1.807) is 29.2 Å². The maximum atomic E-state index is 14.0. The summed E-state index contributed by atoms with van der Waals surface area (Å²) in [5, 5.41) is 9.18. The third-order valence-corrected chi connectivity index (χ3v) is 6.69. The van der Waals surface area contributed by atoms with Crippen LogP contribution in [0.1, 0.15) is 33.8 Å². The molecular formula is C25H21F2N5O2S. The van der Waals surface area contributed by atoms with Gasteiger partial charge in [-0.1, -0.05) is 24.3 Å². The van der Waals surface area contributed by atoms with Crippen LogP contribution in [0.25, 0.3) is 16.4 Å². The summed E-state index contributed by atoms with van der Waals surface area (Å²) in [5.41, 5.74) is 0.503. The molecule has 178 valence electrons. The number of rotatable bonds is 5. The van der Waals surface area contributed by atoms with Crippen molar-refractivity contribution in [1.29, 1.82) is 0 Å². The van der Waals surface area contributed by atoms with Crippen molar-refractivity contribution < 1.29 is 18.4 Å². The van der Waals surface area contributed by atoms with Crippen LogP contribution in [0.2, 0.25) is 0 Å². The van der Waals surface area contributed by atoms with Crippen molar-refractivity contribution in [3.63, 3.8) is 0 Å². The van der Waals surface area contributed by atoms with Gasteiger partial charge in [-0.2, -0.15) is 0 Å². The van der Waals surface area contributed by atoms with Crippen molar-refractivity contribution in [3.05, 3.63) is 89.1 Å². The Morgan fingerprint density at radius 3 is 2.51 bits per heavy atom. The third kappa shape index (κ3) is 4.83. The van der Waals surface area contributed by atoms with E-state index in [0.29, 0.717) is 37.4 Å². The van der Waals surface area contributed by atoms with Gasteiger partial charge in [0.15, 0.2) is 5.82 Å². The minimum atomic E-state index is -0.547. The number of benzene rings is 2. The molecule has 0 radical (unpaired) electrons. The Bertz CT molecular complexity index is 1360. The van der Waals surface area contributed by atoms with Crippen LogP contribution >= 0.6 is 11.3 Å². The summed E-state index contributed by atoms with van der Waals surface area (Å²) in [5.74, 6) is -1.35. The number of nitrogens with one attached hydrogen (secondary N) is 1. The summed E-state index contributed by atoms with van der Waals surface area (Å²) >= 11 is 1.44. The highest BCUT2D eigenvalue weighted by molar-refractivity contribution is 7.13. The van der Waals surface area contributed by atoms with Gasteiger partial charge in [0.25, 0.3) is 11.8 Å². The SMILES string of the molecule is O=C(NC1CCN(C(=O)c2ccccc2F)CC1)c1nc(-c2cccs2)n(-c2cccc(F)c2)n1. The maximum absolute atomic E-state index is 14.0. The summed E-state index contributed by atoms with van der Waals surface area (Å²) in [7, 11) is 0. The predicted octanol–water partition coefficient (Wildman–Crippen LogP) is 4.31. The molecule has 2 aromatic carbocycles. The highest BCUT2D eigenvalue weighted by Gasteiger charge is 2.27. The van der Waals surface area contributed by atoms with Crippen molar-refractivity contribution in [3.8, 4) is 16.4 Å². The van der Waals surface area contributed by atoms with Gasteiger partial charge in [-0.3, -0.25) is 9.59 Å². The van der Waals surface area contributed by atoms with E-state index in [1.165, 1.54) is 40.3 Å². The number of piperidine rings is 1. The van der Waals surface area contributed by atoms with E-state index in [2.05, 4.69) is 15.4 Å². The van der Waals surface area contributed by atoms with E-state index < -0.39 is 17.5 Å². The Balaban J connectivity index is 1.29. The van der Waals surface area contributed by atoms with Crippen LogP contribution in [0.3, 0.4) is 0 Å². The first-order valence-electron chi connectivity index (χ1n) is 11.1. The molecule has 1 N–H and O–H groups in total. The highest BCUT2D eigenvalue weighted by atomic mass is 32.1. The second kappa shape index (κ2) is 9.75.